The molecule has 0 aromatic heterocycles. The molecule has 112 valence electrons. The summed E-state index contributed by atoms with van der Waals surface area (Å²) in [5.74, 6) is 1.20. The fraction of sp³-hybridized carbons (Fsp3) is 0.667. The summed E-state index contributed by atoms with van der Waals surface area (Å²) in [6.07, 6.45) is 5.38. The van der Waals surface area contributed by atoms with Crippen molar-refractivity contribution >= 4 is 0 Å². The number of aryl methyl sites for hydroxylation is 2. The third-order valence-corrected chi connectivity index (χ3v) is 4.62. The molecule has 0 saturated heterocycles. The van der Waals surface area contributed by atoms with E-state index in [9.17, 15) is 4.39 Å². The van der Waals surface area contributed by atoms with E-state index in [1.54, 1.807) is 6.07 Å². The largest absolute Gasteiger partial charge is 0.321 e. The Morgan fingerprint density at radius 2 is 2.05 bits per heavy atom. The maximum atomic E-state index is 14.5. The van der Waals surface area contributed by atoms with Crippen LogP contribution in [0.1, 0.15) is 62.6 Å². The minimum absolute atomic E-state index is 0.116. The zero-order valence-corrected chi connectivity index (χ0v) is 13.3. The van der Waals surface area contributed by atoms with Gasteiger partial charge in [0, 0.05) is 11.1 Å². The van der Waals surface area contributed by atoms with Gasteiger partial charge in [-0.1, -0.05) is 32.8 Å². The SMILES string of the molecule is Cc1cc(C)c(C2(N)CCCC(CC(C)C)C2)c(F)c1. The molecule has 1 aromatic rings. The summed E-state index contributed by atoms with van der Waals surface area (Å²) < 4.78 is 14.5. The summed E-state index contributed by atoms with van der Waals surface area (Å²) in [4.78, 5) is 0. The zero-order valence-electron chi connectivity index (χ0n) is 13.3. The van der Waals surface area contributed by atoms with E-state index in [0.717, 1.165) is 36.0 Å². The number of rotatable bonds is 3. The molecule has 2 rings (SSSR count). The topological polar surface area (TPSA) is 26.0 Å². The van der Waals surface area contributed by atoms with Crippen molar-refractivity contribution in [2.75, 3.05) is 0 Å². The summed E-state index contributed by atoms with van der Waals surface area (Å²) in [5.41, 5.74) is 8.93. The molecule has 20 heavy (non-hydrogen) atoms. The molecule has 0 aliphatic heterocycles. The van der Waals surface area contributed by atoms with Gasteiger partial charge in [-0.15, -0.1) is 0 Å². The highest BCUT2D eigenvalue weighted by Crippen LogP contribution is 2.42. The van der Waals surface area contributed by atoms with Crippen LogP contribution in [0.3, 0.4) is 0 Å². The molecular formula is C18H28FN. The van der Waals surface area contributed by atoms with E-state index in [0.29, 0.717) is 11.8 Å². The zero-order chi connectivity index (χ0) is 14.9. The number of hydrogen-bond acceptors (Lipinski definition) is 1. The predicted molar refractivity (Wildman–Crippen MR) is 83.2 cm³/mol. The Balaban J connectivity index is 2.30. The predicted octanol–water partition coefficient (Wildman–Crippen LogP) is 4.83. The molecule has 0 radical (unpaired) electrons. The van der Waals surface area contributed by atoms with Crippen molar-refractivity contribution in [3.8, 4) is 0 Å². The van der Waals surface area contributed by atoms with Crippen molar-refractivity contribution in [3.63, 3.8) is 0 Å². The van der Waals surface area contributed by atoms with Crippen LogP contribution in [-0.2, 0) is 5.54 Å². The van der Waals surface area contributed by atoms with Crippen LogP contribution in [-0.4, -0.2) is 0 Å². The second-order valence-corrected chi connectivity index (χ2v) is 7.19. The highest BCUT2D eigenvalue weighted by atomic mass is 19.1. The van der Waals surface area contributed by atoms with Gasteiger partial charge in [0.05, 0.1) is 0 Å². The van der Waals surface area contributed by atoms with Gasteiger partial charge in [0.1, 0.15) is 5.82 Å². The Labute approximate surface area is 122 Å². The Morgan fingerprint density at radius 3 is 2.65 bits per heavy atom. The molecule has 1 saturated carbocycles. The normalized spacial score (nSPS) is 27.1. The van der Waals surface area contributed by atoms with Gasteiger partial charge in [0.25, 0.3) is 0 Å². The van der Waals surface area contributed by atoms with Crippen molar-refractivity contribution in [1.29, 1.82) is 0 Å². The molecule has 1 aliphatic rings. The van der Waals surface area contributed by atoms with E-state index >= 15 is 0 Å². The summed E-state index contributed by atoms with van der Waals surface area (Å²) in [5, 5.41) is 0. The van der Waals surface area contributed by atoms with Gasteiger partial charge in [0.2, 0.25) is 0 Å². The molecule has 0 spiro atoms. The lowest BCUT2D eigenvalue weighted by molar-refractivity contribution is 0.197. The molecule has 2 atom stereocenters. The van der Waals surface area contributed by atoms with E-state index in [1.807, 2.05) is 13.8 Å². The van der Waals surface area contributed by atoms with Crippen molar-refractivity contribution < 1.29 is 4.39 Å². The van der Waals surface area contributed by atoms with E-state index in [-0.39, 0.29) is 5.82 Å². The second-order valence-electron chi connectivity index (χ2n) is 7.19. The third kappa shape index (κ3) is 3.22. The molecule has 1 nitrogen and oxygen atoms in total. The standard InChI is InChI=1S/C18H28FN/c1-12(2)8-15-6-5-7-18(20,11-15)17-14(4)9-13(3)10-16(17)19/h9-10,12,15H,5-8,11,20H2,1-4H3. The Hall–Kier alpha value is -0.890. The van der Waals surface area contributed by atoms with Gasteiger partial charge in [-0.25, -0.2) is 4.39 Å². The van der Waals surface area contributed by atoms with E-state index in [2.05, 4.69) is 19.9 Å². The van der Waals surface area contributed by atoms with Crippen LogP contribution in [0, 0.1) is 31.5 Å². The van der Waals surface area contributed by atoms with Gasteiger partial charge in [-0.05, 0) is 62.1 Å². The Kier molecular flexibility index (Phi) is 4.53. The van der Waals surface area contributed by atoms with E-state index in [4.69, 9.17) is 5.73 Å². The van der Waals surface area contributed by atoms with Crippen LogP contribution in [0.4, 0.5) is 4.39 Å². The number of nitrogens with two attached hydrogens (primary N) is 1. The van der Waals surface area contributed by atoms with Crippen molar-refractivity contribution in [3.05, 3.63) is 34.6 Å². The fourth-order valence-electron chi connectivity index (χ4n) is 4.07. The summed E-state index contributed by atoms with van der Waals surface area (Å²) in [6, 6.07) is 3.68. The molecule has 2 heteroatoms. The third-order valence-electron chi connectivity index (χ3n) is 4.62. The molecule has 2 N–H and O–H groups in total. The summed E-state index contributed by atoms with van der Waals surface area (Å²) in [7, 11) is 0. The Bertz CT molecular complexity index is 457. The van der Waals surface area contributed by atoms with Crippen molar-refractivity contribution in [1.82, 2.24) is 0 Å². The fourth-order valence-corrected chi connectivity index (χ4v) is 4.07. The minimum atomic E-state index is -0.473. The van der Waals surface area contributed by atoms with Gasteiger partial charge in [0.15, 0.2) is 0 Å². The first kappa shape index (κ1) is 15.5. The lowest BCUT2D eigenvalue weighted by Gasteiger charge is -2.40. The first-order chi connectivity index (χ1) is 9.32. The van der Waals surface area contributed by atoms with Crippen molar-refractivity contribution in [2.45, 2.75) is 65.3 Å². The quantitative estimate of drug-likeness (QED) is 0.841. The molecule has 1 fully saturated rings. The maximum Gasteiger partial charge on any atom is 0.128 e. The first-order valence-corrected chi connectivity index (χ1v) is 7.88. The minimum Gasteiger partial charge on any atom is -0.321 e. The van der Waals surface area contributed by atoms with Gasteiger partial charge < -0.3 is 5.73 Å². The molecule has 0 heterocycles. The first-order valence-electron chi connectivity index (χ1n) is 7.88. The molecule has 0 amide bonds. The molecular weight excluding hydrogens is 249 g/mol. The smallest absolute Gasteiger partial charge is 0.128 e. The highest BCUT2D eigenvalue weighted by molar-refractivity contribution is 5.37. The lowest BCUT2D eigenvalue weighted by Crippen LogP contribution is -2.43. The monoisotopic (exact) mass is 277 g/mol. The highest BCUT2D eigenvalue weighted by Gasteiger charge is 2.37. The second kappa shape index (κ2) is 5.85. The summed E-state index contributed by atoms with van der Waals surface area (Å²) >= 11 is 0. The number of halogens is 1. The number of benzene rings is 1. The van der Waals surface area contributed by atoms with Crippen LogP contribution in [0.25, 0.3) is 0 Å². The molecule has 1 aliphatic carbocycles. The Morgan fingerprint density at radius 1 is 1.35 bits per heavy atom. The average Bonchev–Trinajstić information content (AvgIpc) is 2.25. The van der Waals surface area contributed by atoms with Crippen LogP contribution >= 0.6 is 0 Å². The van der Waals surface area contributed by atoms with Crippen LogP contribution in [0.15, 0.2) is 12.1 Å². The lowest BCUT2D eigenvalue weighted by atomic mass is 9.69. The number of hydrogen-bond donors (Lipinski definition) is 1. The van der Waals surface area contributed by atoms with Gasteiger partial charge in [-0.2, -0.15) is 0 Å². The van der Waals surface area contributed by atoms with Crippen molar-refractivity contribution in [2.24, 2.45) is 17.6 Å². The van der Waals surface area contributed by atoms with Crippen LogP contribution < -0.4 is 5.73 Å². The van der Waals surface area contributed by atoms with Crippen LogP contribution in [0.5, 0.6) is 0 Å². The van der Waals surface area contributed by atoms with Gasteiger partial charge >= 0.3 is 0 Å². The molecule has 1 aromatic carbocycles. The van der Waals surface area contributed by atoms with Gasteiger partial charge in [-0.3, -0.25) is 0 Å². The van der Waals surface area contributed by atoms with E-state index < -0.39 is 5.54 Å². The average molecular weight is 277 g/mol. The maximum absolute atomic E-state index is 14.5. The molecule has 0 bridgehead atoms. The molecule has 2 unspecified atom stereocenters. The van der Waals surface area contributed by atoms with Crippen LogP contribution in [0.2, 0.25) is 0 Å². The summed E-state index contributed by atoms with van der Waals surface area (Å²) in [6.45, 7) is 8.44. The van der Waals surface area contributed by atoms with E-state index in [1.165, 1.54) is 12.8 Å².